The molecule has 3 N–H and O–H groups in total. The maximum absolute atomic E-state index is 11.0. The van der Waals surface area contributed by atoms with Crippen LogP contribution >= 0.6 is 46.6 Å². The SMILES string of the molecule is OCC1O[C@H](Sc2ccc(Cl)c(Cl)c2)C(O)[C@@H](n2cc(-c3cncc(Cl)c3)nn2)[C@H]1O. The number of hydrogen-bond acceptors (Lipinski definition) is 8. The molecule has 3 aromatic rings. The van der Waals surface area contributed by atoms with Crippen LogP contribution in [0.25, 0.3) is 11.3 Å². The summed E-state index contributed by atoms with van der Waals surface area (Å²) >= 11 is 19.2. The van der Waals surface area contributed by atoms with Crippen molar-refractivity contribution in [1.29, 1.82) is 0 Å². The number of benzene rings is 1. The summed E-state index contributed by atoms with van der Waals surface area (Å²) in [6.45, 7) is -0.442. The molecule has 12 heteroatoms. The Labute approximate surface area is 196 Å². The van der Waals surface area contributed by atoms with Crippen molar-refractivity contribution in [2.75, 3.05) is 6.61 Å². The Kier molecular flexibility index (Phi) is 7.04. The highest BCUT2D eigenvalue weighted by Gasteiger charge is 2.46. The lowest BCUT2D eigenvalue weighted by Gasteiger charge is -2.41. The molecule has 1 aromatic carbocycles. The monoisotopic (exact) mass is 502 g/mol. The number of thioether (sulfide) groups is 1. The molecule has 0 amide bonds. The van der Waals surface area contributed by atoms with Crippen molar-refractivity contribution in [1.82, 2.24) is 20.0 Å². The molecule has 8 nitrogen and oxygen atoms in total. The fraction of sp³-hybridized carbons (Fsp3) is 0.316. The largest absolute Gasteiger partial charge is 0.394 e. The normalized spacial score (nSPS) is 26.2. The van der Waals surface area contributed by atoms with Gasteiger partial charge in [0.05, 0.1) is 27.9 Å². The molecular formula is C19H17Cl3N4O4S. The molecular weight excluding hydrogens is 487 g/mol. The van der Waals surface area contributed by atoms with Crippen LogP contribution < -0.4 is 0 Å². The first kappa shape index (κ1) is 22.8. The first-order chi connectivity index (χ1) is 14.9. The maximum atomic E-state index is 11.0. The third-order valence-corrected chi connectivity index (χ3v) is 6.90. The molecule has 0 radical (unpaired) electrons. The van der Waals surface area contributed by atoms with E-state index in [4.69, 9.17) is 39.5 Å². The van der Waals surface area contributed by atoms with E-state index in [1.54, 1.807) is 36.7 Å². The van der Waals surface area contributed by atoms with E-state index in [0.29, 0.717) is 31.2 Å². The van der Waals surface area contributed by atoms with Crippen LogP contribution in [-0.4, -0.2) is 65.7 Å². The molecule has 2 aromatic heterocycles. The predicted molar refractivity (Wildman–Crippen MR) is 117 cm³/mol. The number of nitrogens with zero attached hydrogens (tertiary/aromatic N) is 4. The summed E-state index contributed by atoms with van der Waals surface area (Å²) in [7, 11) is 0. The number of halogens is 3. The van der Waals surface area contributed by atoms with Gasteiger partial charge < -0.3 is 20.1 Å². The molecule has 3 heterocycles. The van der Waals surface area contributed by atoms with Crippen molar-refractivity contribution in [2.24, 2.45) is 0 Å². The zero-order valence-electron chi connectivity index (χ0n) is 15.7. The number of hydrogen-bond donors (Lipinski definition) is 3. The highest BCUT2D eigenvalue weighted by molar-refractivity contribution is 7.99. The quantitative estimate of drug-likeness (QED) is 0.487. The Hall–Kier alpha value is -1.43. The van der Waals surface area contributed by atoms with Crippen LogP contribution in [0, 0.1) is 0 Å². The van der Waals surface area contributed by atoms with Crippen molar-refractivity contribution >= 4 is 46.6 Å². The molecule has 0 saturated carbocycles. The van der Waals surface area contributed by atoms with Gasteiger partial charge in [-0.3, -0.25) is 4.98 Å². The summed E-state index contributed by atoms with van der Waals surface area (Å²) in [5.74, 6) is 0. The first-order valence-electron chi connectivity index (χ1n) is 9.14. The average Bonchev–Trinajstić information content (AvgIpc) is 3.22. The van der Waals surface area contributed by atoms with Gasteiger partial charge in [0.1, 0.15) is 35.5 Å². The van der Waals surface area contributed by atoms with Crippen LogP contribution in [0.1, 0.15) is 6.04 Å². The van der Waals surface area contributed by atoms with Crippen LogP contribution in [-0.2, 0) is 4.74 Å². The fourth-order valence-corrected chi connectivity index (χ4v) is 4.90. The van der Waals surface area contributed by atoms with Gasteiger partial charge in [-0.05, 0) is 24.3 Å². The molecule has 1 aliphatic heterocycles. The lowest BCUT2D eigenvalue weighted by molar-refractivity contribution is -0.178. The van der Waals surface area contributed by atoms with Gasteiger partial charge >= 0.3 is 0 Å². The van der Waals surface area contributed by atoms with E-state index in [2.05, 4.69) is 15.3 Å². The molecule has 31 heavy (non-hydrogen) atoms. The van der Waals surface area contributed by atoms with Crippen molar-refractivity contribution < 1.29 is 20.1 Å². The highest BCUT2D eigenvalue weighted by Crippen LogP contribution is 2.39. The predicted octanol–water partition coefficient (Wildman–Crippen LogP) is 3.07. The Morgan fingerprint density at radius 2 is 1.87 bits per heavy atom. The van der Waals surface area contributed by atoms with Crippen LogP contribution in [0.3, 0.4) is 0 Å². The van der Waals surface area contributed by atoms with E-state index < -0.39 is 36.4 Å². The third-order valence-electron chi connectivity index (χ3n) is 4.81. The van der Waals surface area contributed by atoms with Crippen molar-refractivity contribution in [3.8, 4) is 11.3 Å². The van der Waals surface area contributed by atoms with Gasteiger partial charge in [0, 0.05) is 22.9 Å². The van der Waals surface area contributed by atoms with Crippen molar-refractivity contribution in [3.05, 3.63) is 57.9 Å². The summed E-state index contributed by atoms with van der Waals surface area (Å²) < 4.78 is 7.10. The maximum Gasteiger partial charge on any atom is 0.136 e. The molecule has 164 valence electrons. The highest BCUT2D eigenvalue weighted by atomic mass is 35.5. The van der Waals surface area contributed by atoms with E-state index in [1.165, 1.54) is 22.6 Å². The summed E-state index contributed by atoms with van der Waals surface area (Å²) in [6.07, 6.45) is 1.32. The first-order valence-corrected chi connectivity index (χ1v) is 11.2. The lowest BCUT2D eigenvalue weighted by atomic mass is 9.97. The van der Waals surface area contributed by atoms with Gasteiger partial charge in [0.2, 0.25) is 0 Å². The number of pyridine rings is 1. The van der Waals surface area contributed by atoms with Crippen LogP contribution in [0.2, 0.25) is 15.1 Å². The van der Waals surface area contributed by atoms with E-state index in [1.807, 2.05) is 0 Å². The van der Waals surface area contributed by atoms with E-state index in [0.717, 1.165) is 0 Å². The Bertz CT molecular complexity index is 1070. The van der Waals surface area contributed by atoms with Gasteiger partial charge in [0.15, 0.2) is 0 Å². The third kappa shape index (κ3) is 4.84. The molecule has 0 aliphatic carbocycles. The van der Waals surface area contributed by atoms with Crippen molar-refractivity contribution in [2.45, 2.75) is 34.7 Å². The number of rotatable bonds is 5. The Balaban J connectivity index is 1.62. The topological polar surface area (TPSA) is 114 Å². The molecule has 0 spiro atoms. The minimum Gasteiger partial charge on any atom is -0.394 e. The Morgan fingerprint density at radius 3 is 2.58 bits per heavy atom. The van der Waals surface area contributed by atoms with Gasteiger partial charge in [-0.2, -0.15) is 0 Å². The minimum absolute atomic E-state index is 0.364. The fourth-order valence-electron chi connectivity index (χ4n) is 3.27. The molecule has 4 rings (SSSR count). The molecule has 1 aliphatic rings. The standard InChI is InChI=1S/C19H17Cl3N4O4S/c20-10-3-9(5-23-6-10)14-7-26(25-24-14)16-17(28)15(8-27)30-19(18(16)29)31-11-1-2-12(21)13(22)4-11/h1-7,15-19,27-29H,8H2/t15?,16-,17-,18?,19+/m0/s1. The van der Waals surface area contributed by atoms with Crippen LogP contribution in [0.5, 0.6) is 0 Å². The summed E-state index contributed by atoms with van der Waals surface area (Å²) in [5, 5.41) is 40.8. The molecule has 1 fully saturated rings. The van der Waals surface area contributed by atoms with E-state index in [9.17, 15) is 15.3 Å². The van der Waals surface area contributed by atoms with E-state index in [-0.39, 0.29) is 0 Å². The van der Waals surface area contributed by atoms with Crippen molar-refractivity contribution in [3.63, 3.8) is 0 Å². The van der Waals surface area contributed by atoms with Gasteiger partial charge in [-0.15, -0.1) is 5.10 Å². The summed E-state index contributed by atoms with van der Waals surface area (Å²) in [5.41, 5.74) is 0.286. The van der Waals surface area contributed by atoms with Gasteiger partial charge in [-0.25, -0.2) is 4.68 Å². The average molecular weight is 504 g/mol. The number of aliphatic hydroxyl groups is 3. The molecule has 5 atom stereocenters. The zero-order valence-corrected chi connectivity index (χ0v) is 18.8. The summed E-state index contributed by atoms with van der Waals surface area (Å²) in [6, 6.07) is 5.79. The molecule has 2 unspecified atom stereocenters. The van der Waals surface area contributed by atoms with Crippen LogP contribution in [0.4, 0.5) is 0 Å². The van der Waals surface area contributed by atoms with Gasteiger partial charge in [-0.1, -0.05) is 51.8 Å². The zero-order chi connectivity index (χ0) is 22.1. The smallest absolute Gasteiger partial charge is 0.136 e. The number of ether oxygens (including phenoxy) is 1. The van der Waals surface area contributed by atoms with E-state index >= 15 is 0 Å². The summed E-state index contributed by atoms with van der Waals surface area (Å²) in [4.78, 5) is 4.73. The Morgan fingerprint density at radius 1 is 1.06 bits per heavy atom. The molecule has 0 bridgehead atoms. The second kappa shape index (κ2) is 9.60. The number of aliphatic hydroxyl groups excluding tert-OH is 3. The lowest BCUT2D eigenvalue weighted by Crippen LogP contribution is -2.55. The number of aromatic nitrogens is 4. The second-order valence-electron chi connectivity index (χ2n) is 6.87. The minimum atomic E-state index is -1.22. The second-order valence-corrected chi connectivity index (χ2v) is 9.29. The van der Waals surface area contributed by atoms with Crippen LogP contribution in [0.15, 0.2) is 47.8 Å². The molecule has 1 saturated heterocycles. The van der Waals surface area contributed by atoms with Gasteiger partial charge in [0.25, 0.3) is 0 Å².